The number of aromatic nitrogens is 4. The first kappa shape index (κ1) is 14.4. The standard InChI is InChI=1S/C11H11N3.C4H5N3/c12-11-10(13-6-7-14-11)8-9-4-2-1-3-5-9;5-4-3-6-1-2-7-4/h1-7H,8H2,(H2,12,14);1-3H,(H2,5,7). The van der Waals surface area contributed by atoms with Gasteiger partial charge in [-0.3, -0.25) is 9.97 Å². The average molecular weight is 280 g/mol. The van der Waals surface area contributed by atoms with E-state index in [-0.39, 0.29) is 0 Å². The van der Waals surface area contributed by atoms with Crippen molar-refractivity contribution in [3.63, 3.8) is 0 Å². The van der Waals surface area contributed by atoms with Crippen LogP contribution in [0.3, 0.4) is 0 Å². The topological polar surface area (TPSA) is 104 Å². The summed E-state index contributed by atoms with van der Waals surface area (Å²) in [5.74, 6) is 0.971. The molecule has 6 nitrogen and oxygen atoms in total. The van der Waals surface area contributed by atoms with Crippen molar-refractivity contribution >= 4 is 11.6 Å². The minimum atomic E-state index is 0.461. The van der Waals surface area contributed by atoms with Crippen LogP contribution >= 0.6 is 0 Å². The van der Waals surface area contributed by atoms with Crippen molar-refractivity contribution in [3.05, 3.63) is 72.6 Å². The second-order valence-corrected chi connectivity index (χ2v) is 4.18. The van der Waals surface area contributed by atoms with Gasteiger partial charge in [0.25, 0.3) is 0 Å². The van der Waals surface area contributed by atoms with Crippen LogP contribution in [0.4, 0.5) is 11.6 Å². The van der Waals surface area contributed by atoms with E-state index >= 15 is 0 Å². The van der Waals surface area contributed by atoms with Gasteiger partial charge in [0, 0.05) is 31.2 Å². The summed E-state index contributed by atoms with van der Waals surface area (Å²) in [6, 6.07) is 10.1. The third-order valence-electron chi connectivity index (χ3n) is 2.60. The van der Waals surface area contributed by atoms with E-state index < -0.39 is 0 Å². The molecule has 0 unspecified atom stereocenters. The highest BCUT2D eigenvalue weighted by atomic mass is 14.9. The number of anilines is 2. The molecule has 6 heteroatoms. The van der Waals surface area contributed by atoms with E-state index in [2.05, 4.69) is 19.9 Å². The average Bonchev–Trinajstić information content (AvgIpc) is 2.52. The molecule has 0 saturated heterocycles. The maximum atomic E-state index is 5.69. The largest absolute Gasteiger partial charge is 0.382 e. The molecule has 0 aliphatic heterocycles. The first-order valence-electron chi connectivity index (χ1n) is 6.36. The molecule has 0 spiro atoms. The summed E-state index contributed by atoms with van der Waals surface area (Å²) >= 11 is 0. The summed E-state index contributed by atoms with van der Waals surface area (Å²) in [4.78, 5) is 15.6. The molecule has 2 aromatic heterocycles. The lowest BCUT2D eigenvalue weighted by Crippen LogP contribution is -2.00. The fourth-order valence-electron chi connectivity index (χ4n) is 1.61. The predicted molar refractivity (Wildman–Crippen MR) is 82.1 cm³/mol. The molecule has 0 saturated carbocycles. The summed E-state index contributed by atoms with van der Waals surface area (Å²) in [6.45, 7) is 0. The highest BCUT2D eigenvalue weighted by Gasteiger charge is 2.01. The maximum absolute atomic E-state index is 5.69. The molecule has 3 rings (SSSR count). The van der Waals surface area contributed by atoms with Crippen molar-refractivity contribution < 1.29 is 0 Å². The number of rotatable bonds is 2. The fraction of sp³-hybridized carbons (Fsp3) is 0.0667. The minimum Gasteiger partial charge on any atom is -0.382 e. The number of benzene rings is 1. The lowest BCUT2D eigenvalue weighted by molar-refractivity contribution is 1.04. The third kappa shape index (κ3) is 4.87. The number of hydrogen-bond donors (Lipinski definition) is 2. The smallest absolute Gasteiger partial charge is 0.145 e. The quantitative estimate of drug-likeness (QED) is 0.740. The molecule has 0 aliphatic carbocycles. The van der Waals surface area contributed by atoms with Crippen LogP contribution in [0.15, 0.2) is 61.3 Å². The molecular formula is C15H16N6. The molecule has 0 fully saturated rings. The summed E-state index contributed by atoms with van der Waals surface area (Å²) in [7, 11) is 0. The van der Waals surface area contributed by atoms with E-state index in [1.807, 2.05) is 30.3 Å². The zero-order valence-electron chi connectivity index (χ0n) is 11.4. The van der Waals surface area contributed by atoms with Crippen molar-refractivity contribution in [2.24, 2.45) is 0 Å². The van der Waals surface area contributed by atoms with E-state index in [0.29, 0.717) is 11.6 Å². The molecule has 2 heterocycles. The van der Waals surface area contributed by atoms with E-state index in [0.717, 1.165) is 12.1 Å². The Kier molecular flexibility index (Phi) is 5.17. The van der Waals surface area contributed by atoms with Gasteiger partial charge in [-0.15, -0.1) is 0 Å². The van der Waals surface area contributed by atoms with E-state index in [9.17, 15) is 0 Å². The van der Waals surface area contributed by atoms with Crippen molar-refractivity contribution in [2.75, 3.05) is 11.5 Å². The van der Waals surface area contributed by atoms with Gasteiger partial charge in [0.15, 0.2) is 0 Å². The predicted octanol–water partition coefficient (Wildman–Crippen LogP) is 1.71. The van der Waals surface area contributed by atoms with Gasteiger partial charge in [-0.2, -0.15) is 0 Å². The van der Waals surface area contributed by atoms with Crippen LogP contribution in [0.2, 0.25) is 0 Å². The molecule has 21 heavy (non-hydrogen) atoms. The Balaban J connectivity index is 0.000000194. The van der Waals surface area contributed by atoms with Crippen LogP contribution in [-0.2, 0) is 6.42 Å². The van der Waals surface area contributed by atoms with Crippen molar-refractivity contribution in [3.8, 4) is 0 Å². The van der Waals surface area contributed by atoms with Gasteiger partial charge in [-0.25, -0.2) is 9.97 Å². The summed E-state index contributed by atoms with van der Waals surface area (Å²) in [6.07, 6.45) is 8.63. The van der Waals surface area contributed by atoms with Crippen LogP contribution < -0.4 is 11.5 Å². The third-order valence-corrected chi connectivity index (χ3v) is 2.60. The summed E-state index contributed by atoms with van der Waals surface area (Å²) in [5, 5.41) is 0. The Morgan fingerprint density at radius 2 is 1.52 bits per heavy atom. The number of nitrogen functional groups attached to an aromatic ring is 2. The van der Waals surface area contributed by atoms with E-state index in [1.54, 1.807) is 24.8 Å². The lowest BCUT2D eigenvalue weighted by Gasteiger charge is -2.02. The summed E-state index contributed by atoms with van der Waals surface area (Å²) < 4.78 is 0. The molecule has 0 aliphatic rings. The Hall–Kier alpha value is -3.02. The van der Waals surface area contributed by atoms with Gasteiger partial charge in [0.1, 0.15) is 11.6 Å². The van der Waals surface area contributed by atoms with Crippen LogP contribution in [0.25, 0.3) is 0 Å². The Bertz CT molecular complexity index is 657. The van der Waals surface area contributed by atoms with Gasteiger partial charge in [-0.05, 0) is 5.56 Å². The molecular weight excluding hydrogens is 264 g/mol. The molecule has 0 atom stereocenters. The Morgan fingerprint density at radius 3 is 2.10 bits per heavy atom. The van der Waals surface area contributed by atoms with Gasteiger partial charge >= 0.3 is 0 Å². The zero-order chi connectivity index (χ0) is 14.9. The maximum Gasteiger partial charge on any atom is 0.145 e. The van der Waals surface area contributed by atoms with Gasteiger partial charge in [-0.1, -0.05) is 30.3 Å². The minimum absolute atomic E-state index is 0.461. The summed E-state index contributed by atoms with van der Waals surface area (Å²) in [5.41, 5.74) is 12.9. The van der Waals surface area contributed by atoms with Crippen LogP contribution in [0.5, 0.6) is 0 Å². The van der Waals surface area contributed by atoms with Gasteiger partial charge in [0.05, 0.1) is 11.9 Å². The highest BCUT2D eigenvalue weighted by Crippen LogP contribution is 2.10. The van der Waals surface area contributed by atoms with E-state index in [1.165, 1.54) is 11.8 Å². The van der Waals surface area contributed by atoms with Crippen molar-refractivity contribution in [1.29, 1.82) is 0 Å². The molecule has 4 N–H and O–H groups in total. The second kappa shape index (κ2) is 7.54. The molecule has 0 radical (unpaired) electrons. The number of nitrogens with two attached hydrogens (primary N) is 2. The molecule has 0 amide bonds. The van der Waals surface area contributed by atoms with Crippen LogP contribution in [-0.4, -0.2) is 19.9 Å². The Morgan fingerprint density at radius 1 is 0.810 bits per heavy atom. The highest BCUT2D eigenvalue weighted by molar-refractivity contribution is 5.36. The zero-order valence-corrected chi connectivity index (χ0v) is 11.4. The van der Waals surface area contributed by atoms with Gasteiger partial charge in [0.2, 0.25) is 0 Å². The first-order chi connectivity index (χ1) is 10.3. The van der Waals surface area contributed by atoms with Crippen molar-refractivity contribution in [1.82, 2.24) is 19.9 Å². The van der Waals surface area contributed by atoms with E-state index in [4.69, 9.17) is 11.5 Å². The molecule has 106 valence electrons. The SMILES string of the molecule is Nc1cnccn1.Nc1nccnc1Cc1ccccc1. The van der Waals surface area contributed by atoms with Crippen molar-refractivity contribution in [2.45, 2.75) is 6.42 Å². The molecule has 1 aromatic carbocycles. The second-order valence-electron chi connectivity index (χ2n) is 4.18. The Labute approximate surface area is 122 Å². The number of nitrogens with zero attached hydrogens (tertiary/aromatic N) is 4. The van der Waals surface area contributed by atoms with Gasteiger partial charge < -0.3 is 11.5 Å². The normalized spacial score (nSPS) is 9.52. The van der Waals surface area contributed by atoms with Crippen LogP contribution in [0.1, 0.15) is 11.3 Å². The monoisotopic (exact) mass is 280 g/mol. The number of hydrogen-bond acceptors (Lipinski definition) is 6. The van der Waals surface area contributed by atoms with Crippen LogP contribution in [0, 0.1) is 0 Å². The lowest BCUT2D eigenvalue weighted by atomic mass is 10.1. The molecule has 3 aromatic rings. The molecule has 0 bridgehead atoms. The first-order valence-corrected chi connectivity index (χ1v) is 6.36. The fourth-order valence-corrected chi connectivity index (χ4v) is 1.61.